The molecular weight excluding hydrogens is 352 g/mol. The Bertz CT molecular complexity index is 642. The molecule has 21 heavy (non-hydrogen) atoms. The maximum Gasteiger partial charge on any atom is 0.243 e. The van der Waals surface area contributed by atoms with E-state index in [0.717, 1.165) is 20.7 Å². The molecule has 0 unspecified atom stereocenters. The highest BCUT2D eigenvalue weighted by Crippen LogP contribution is 2.22. The second-order valence-corrected chi connectivity index (χ2v) is 6.89. The second kappa shape index (κ2) is 7.00. The number of carbonyl (C=O) groups is 1. The summed E-state index contributed by atoms with van der Waals surface area (Å²) in [6.07, 6.45) is 0. The summed E-state index contributed by atoms with van der Waals surface area (Å²) in [7, 11) is 0. The van der Waals surface area contributed by atoms with Crippen molar-refractivity contribution in [2.75, 3.05) is 17.2 Å². The Kier molecular flexibility index (Phi) is 5.30. The molecule has 0 saturated heterocycles. The summed E-state index contributed by atoms with van der Waals surface area (Å²) < 4.78 is 0.992. The SMILES string of the molecule is Cc1cc(Br)ccc1NC(=O)CNc1nnc(C(C)C)s1. The van der Waals surface area contributed by atoms with Crippen LogP contribution in [-0.2, 0) is 4.79 Å². The van der Waals surface area contributed by atoms with Gasteiger partial charge in [0.2, 0.25) is 11.0 Å². The number of amides is 1. The Balaban J connectivity index is 1.89. The van der Waals surface area contributed by atoms with Crippen LogP contribution in [0.5, 0.6) is 0 Å². The maximum atomic E-state index is 11.9. The highest BCUT2D eigenvalue weighted by Gasteiger charge is 2.09. The van der Waals surface area contributed by atoms with Gasteiger partial charge in [-0.15, -0.1) is 10.2 Å². The van der Waals surface area contributed by atoms with Gasteiger partial charge in [0.15, 0.2) is 0 Å². The summed E-state index contributed by atoms with van der Waals surface area (Å²) in [4.78, 5) is 11.9. The quantitative estimate of drug-likeness (QED) is 0.842. The van der Waals surface area contributed by atoms with Gasteiger partial charge in [-0.1, -0.05) is 41.1 Å². The minimum Gasteiger partial charge on any atom is -0.351 e. The summed E-state index contributed by atoms with van der Waals surface area (Å²) >= 11 is 4.87. The summed E-state index contributed by atoms with van der Waals surface area (Å²) in [5.41, 5.74) is 1.82. The molecule has 0 atom stereocenters. The van der Waals surface area contributed by atoms with Gasteiger partial charge in [-0.3, -0.25) is 4.79 Å². The first-order chi connectivity index (χ1) is 9.95. The Morgan fingerprint density at radius 1 is 1.38 bits per heavy atom. The molecule has 1 aromatic carbocycles. The lowest BCUT2D eigenvalue weighted by molar-refractivity contribution is -0.114. The van der Waals surface area contributed by atoms with Crippen molar-refractivity contribution in [3.8, 4) is 0 Å². The zero-order valence-electron chi connectivity index (χ0n) is 12.1. The molecule has 0 aliphatic rings. The molecule has 0 bridgehead atoms. The molecule has 2 rings (SSSR count). The summed E-state index contributed by atoms with van der Waals surface area (Å²) in [6, 6.07) is 5.73. The van der Waals surface area contributed by atoms with E-state index in [1.54, 1.807) is 0 Å². The van der Waals surface area contributed by atoms with E-state index in [4.69, 9.17) is 0 Å². The predicted octanol–water partition coefficient (Wildman–Crippen LogP) is 3.78. The van der Waals surface area contributed by atoms with Gasteiger partial charge in [0, 0.05) is 16.1 Å². The van der Waals surface area contributed by atoms with Gasteiger partial charge in [0.1, 0.15) is 5.01 Å². The predicted molar refractivity (Wildman–Crippen MR) is 90.0 cm³/mol. The van der Waals surface area contributed by atoms with Crippen molar-refractivity contribution < 1.29 is 4.79 Å². The maximum absolute atomic E-state index is 11.9. The standard InChI is InChI=1S/C14H17BrN4OS/c1-8(2)13-18-19-14(21-13)16-7-12(20)17-11-5-4-10(15)6-9(11)3/h4-6,8H,7H2,1-3H3,(H,16,19)(H,17,20). The normalized spacial score (nSPS) is 10.7. The van der Waals surface area contributed by atoms with E-state index in [-0.39, 0.29) is 12.5 Å². The fourth-order valence-corrected chi connectivity index (χ4v) is 2.87. The van der Waals surface area contributed by atoms with Crippen LogP contribution < -0.4 is 10.6 Å². The molecule has 0 radical (unpaired) electrons. The number of nitrogens with zero attached hydrogens (tertiary/aromatic N) is 2. The topological polar surface area (TPSA) is 66.9 Å². The van der Waals surface area contributed by atoms with E-state index in [0.29, 0.717) is 11.0 Å². The number of rotatable bonds is 5. The molecule has 112 valence electrons. The molecule has 1 amide bonds. The largest absolute Gasteiger partial charge is 0.351 e. The molecule has 0 fully saturated rings. The van der Waals surface area contributed by atoms with Crippen molar-refractivity contribution in [1.29, 1.82) is 0 Å². The van der Waals surface area contributed by atoms with Crippen molar-refractivity contribution >= 4 is 44.0 Å². The average Bonchev–Trinajstić information content (AvgIpc) is 2.89. The van der Waals surface area contributed by atoms with Gasteiger partial charge < -0.3 is 10.6 Å². The zero-order valence-corrected chi connectivity index (χ0v) is 14.5. The van der Waals surface area contributed by atoms with Crippen molar-refractivity contribution in [2.45, 2.75) is 26.7 Å². The van der Waals surface area contributed by atoms with Crippen LogP contribution in [0.2, 0.25) is 0 Å². The molecule has 0 aliphatic carbocycles. The van der Waals surface area contributed by atoms with E-state index in [1.165, 1.54) is 11.3 Å². The van der Waals surface area contributed by atoms with Gasteiger partial charge in [-0.2, -0.15) is 0 Å². The number of hydrogen-bond donors (Lipinski definition) is 2. The lowest BCUT2D eigenvalue weighted by Gasteiger charge is -2.08. The molecule has 2 aromatic rings. The minimum absolute atomic E-state index is 0.110. The fraction of sp³-hybridized carbons (Fsp3) is 0.357. The summed E-state index contributed by atoms with van der Waals surface area (Å²) in [5.74, 6) is 0.235. The number of hydrogen-bond acceptors (Lipinski definition) is 5. The van der Waals surface area contributed by atoms with Crippen LogP contribution in [0, 0.1) is 6.92 Å². The fourth-order valence-electron chi connectivity index (χ4n) is 1.66. The summed E-state index contributed by atoms with van der Waals surface area (Å²) in [5, 5.41) is 15.6. The van der Waals surface area contributed by atoms with Crippen molar-refractivity contribution in [3.05, 3.63) is 33.2 Å². The van der Waals surface area contributed by atoms with E-state index < -0.39 is 0 Å². The van der Waals surface area contributed by atoms with Crippen LogP contribution in [0.15, 0.2) is 22.7 Å². The Morgan fingerprint density at radius 2 is 2.14 bits per heavy atom. The third-order valence-electron chi connectivity index (χ3n) is 2.80. The highest BCUT2D eigenvalue weighted by molar-refractivity contribution is 9.10. The molecule has 1 heterocycles. The molecule has 0 saturated carbocycles. The number of anilines is 2. The number of aryl methyl sites for hydroxylation is 1. The second-order valence-electron chi connectivity index (χ2n) is 4.96. The number of nitrogens with one attached hydrogen (secondary N) is 2. The van der Waals surface area contributed by atoms with Gasteiger partial charge >= 0.3 is 0 Å². The number of carbonyl (C=O) groups excluding carboxylic acids is 1. The number of benzene rings is 1. The molecule has 5 nitrogen and oxygen atoms in total. The van der Waals surface area contributed by atoms with E-state index in [9.17, 15) is 4.79 Å². The van der Waals surface area contributed by atoms with Crippen molar-refractivity contribution in [1.82, 2.24) is 10.2 Å². The number of aromatic nitrogens is 2. The van der Waals surface area contributed by atoms with Crippen LogP contribution in [0.25, 0.3) is 0 Å². The Hall–Kier alpha value is -1.47. The van der Waals surface area contributed by atoms with Gasteiger partial charge in [0.25, 0.3) is 0 Å². The first-order valence-corrected chi connectivity index (χ1v) is 8.20. The van der Waals surface area contributed by atoms with E-state index >= 15 is 0 Å². The van der Waals surface area contributed by atoms with Crippen molar-refractivity contribution in [3.63, 3.8) is 0 Å². The smallest absolute Gasteiger partial charge is 0.243 e. The first-order valence-electron chi connectivity index (χ1n) is 6.59. The zero-order chi connectivity index (χ0) is 15.4. The molecule has 0 spiro atoms. The third-order valence-corrected chi connectivity index (χ3v) is 4.47. The summed E-state index contributed by atoms with van der Waals surface area (Å²) in [6.45, 7) is 6.25. The molecule has 2 N–H and O–H groups in total. The van der Waals surface area contributed by atoms with E-state index in [1.807, 2.05) is 25.1 Å². The molecular formula is C14H17BrN4OS. The monoisotopic (exact) mass is 368 g/mol. The van der Waals surface area contributed by atoms with Crippen LogP contribution >= 0.6 is 27.3 Å². The van der Waals surface area contributed by atoms with Crippen LogP contribution in [-0.4, -0.2) is 22.6 Å². The van der Waals surface area contributed by atoms with Crippen LogP contribution in [0.3, 0.4) is 0 Å². The van der Waals surface area contributed by atoms with Gasteiger partial charge in [-0.25, -0.2) is 0 Å². The van der Waals surface area contributed by atoms with Crippen LogP contribution in [0.1, 0.15) is 30.3 Å². The third kappa shape index (κ3) is 4.50. The lowest BCUT2D eigenvalue weighted by atomic mass is 10.2. The highest BCUT2D eigenvalue weighted by atomic mass is 79.9. The molecule has 0 aliphatic heterocycles. The minimum atomic E-state index is -0.110. The van der Waals surface area contributed by atoms with Crippen molar-refractivity contribution in [2.24, 2.45) is 0 Å². The molecule has 7 heteroatoms. The Morgan fingerprint density at radius 3 is 2.76 bits per heavy atom. The lowest BCUT2D eigenvalue weighted by Crippen LogP contribution is -2.22. The van der Waals surface area contributed by atoms with E-state index in [2.05, 4.69) is 50.6 Å². The van der Waals surface area contributed by atoms with Gasteiger partial charge in [-0.05, 0) is 30.7 Å². The average molecular weight is 369 g/mol. The first kappa shape index (κ1) is 15.9. The van der Waals surface area contributed by atoms with Gasteiger partial charge in [0.05, 0.1) is 6.54 Å². The molecule has 1 aromatic heterocycles. The Labute approximate surface area is 136 Å². The van der Waals surface area contributed by atoms with Crippen LogP contribution in [0.4, 0.5) is 10.8 Å². The number of halogens is 1.